The molecule has 104 valence electrons. The topological polar surface area (TPSA) is 49.9 Å². The van der Waals surface area contributed by atoms with Gasteiger partial charge in [-0.15, -0.1) is 5.06 Å². The van der Waals surface area contributed by atoms with Crippen molar-refractivity contribution in [2.75, 3.05) is 23.6 Å². The van der Waals surface area contributed by atoms with E-state index in [0.717, 1.165) is 17.3 Å². The SMILES string of the molecule is CCC(=O)ON(C(C)=O)c1cccc(N(C)CC)c1. The van der Waals surface area contributed by atoms with Gasteiger partial charge in [0, 0.05) is 32.6 Å². The van der Waals surface area contributed by atoms with E-state index in [4.69, 9.17) is 4.84 Å². The maximum Gasteiger partial charge on any atom is 0.332 e. The van der Waals surface area contributed by atoms with Crippen LogP contribution in [0.2, 0.25) is 0 Å². The lowest BCUT2D eigenvalue weighted by atomic mass is 10.2. The Morgan fingerprint density at radius 2 is 1.84 bits per heavy atom. The summed E-state index contributed by atoms with van der Waals surface area (Å²) >= 11 is 0. The first-order valence-electron chi connectivity index (χ1n) is 6.32. The normalized spacial score (nSPS) is 9.89. The lowest BCUT2D eigenvalue weighted by Crippen LogP contribution is -2.31. The molecule has 0 heterocycles. The Bertz CT molecular complexity index is 460. The highest BCUT2D eigenvalue weighted by atomic mass is 16.7. The molecule has 19 heavy (non-hydrogen) atoms. The van der Waals surface area contributed by atoms with Crippen LogP contribution in [0.3, 0.4) is 0 Å². The van der Waals surface area contributed by atoms with Gasteiger partial charge >= 0.3 is 5.97 Å². The fourth-order valence-electron chi connectivity index (χ4n) is 1.50. The van der Waals surface area contributed by atoms with E-state index in [0.29, 0.717) is 5.69 Å². The van der Waals surface area contributed by atoms with Gasteiger partial charge in [-0.1, -0.05) is 13.0 Å². The van der Waals surface area contributed by atoms with Gasteiger partial charge in [-0.05, 0) is 25.1 Å². The van der Waals surface area contributed by atoms with Crippen molar-refractivity contribution in [2.24, 2.45) is 0 Å². The zero-order valence-corrected chi connectivity index (χ0v) is 11.8. The van der Waals surface area contributed by atoms with E-state index < -0.39 is 5.97 Å². The monoisotopic (exact) mass is 264 g/mol. The molecule has 1 aromatic carbocycles. The summed E-state index contributed by atoms with van der Waals surface area (Å²) < 4.78 is 0. The van der Waals surface area contributed by atoms with Gasteiger partial charge in [0.2, 0.25) is 0 Å². The Balaban J connectivity index is 3.02. The molecule has 0 spiro atoms. The molecule has 0 aromatic heterocycles. The van der Waals surface area contributed by atoms with Crippen LogP contribution in [-0.2, 0) is 14.4 Å². The minimum atomic E-state index is -0.440. The molecule has 1 rings (SSSR count). The Kier molecular flexibility index (Phi) is 5.36. The van der Waals surface area contributed by atoms with Crippen LogP contribution in [0.4, 0.5) is 11.4 Å². The Morgan fingerprint density at radius 1 is 1.21 bits per heavy atom. The van der Waals surface area contributed by atoms with E-state index in [9.17, 15) is 9.59 Å². The molecule has 0 fully saturated rings. The average Bonchev–Trinajstić information content (AvgIpc) is 2.43. The van der Waals surface area contributed by atoms with Crippen molar-refractivity contribution in [1.82, 2.24) is 0 Å². The minimum Gasteiger partial charge on any atom is -0.375 e. The summed E-state index contributed by atoms with van der Waals surface area (Å²) in [6, 6.07) is 7.31. The fourth-order valence-corrected chi connectivity index (χ4v) is 1.50. The number of hydroxylamine groups is 1. The maximum absolute atomic E-state index is 11.6. The third-order valence-corrected chi connectivity index (χ3v) is 2.75. The van der Waals surface area contributed by atoms with Gasteiger partial charge in [0.15, 0.2) is 0 Å². The van der Waals surface area contributed by atoms with Gasteiger partial charge in [-0.2, -0.15) is 0 Å². The predicted molar refractivity (Wildman–Crippen MR) is 74.9 cm³/mol. The van der Waals surface area contributed by atoms with Crippen molar-refractivity contribution in [2.45, 2.75) is 27.2 Å². The molecular weight excluding hydrogens is 244 g/mol. The molecule has 0 aliphatic carbocycles. The van der Waals surface area contributed by atoms with E-state index >= 15 is 0 Å². The van der Waals surface area contributed by atoms with Crippen LogP contribution in [0, 0.1) is 0 Å². The largest absolute Gasteiger partial charge is 0.375 e. The molecule has 1 amide bonds. The standard InChI is InChI=1S/C14H20N2O3/c1-5-14(18)19-16(11(3)17)13-9-7-8-12(10-13)15(4)6-2/h7-10H,5-6H2,1-4H3. The summed E-state index contributed by atoms with van der Waals surface area (Å²) in [5.74, 6) is -0.775. The van der Waals surface area contributed by atoms with Crippen LogP contribution in [0.5, 0.6) is 0 Å². The summed E-state index contributed by atoms with van der Waals surface area (Å²) in [6.07, 6.45) is 0.221. The van der Waals surface area contributed by atoms with Crippen molar-refractivity contribution in [3.63, 3.8) is 0 Å². The number of anilines is 2. The number of benzene rings is 1. The van der Waals surface area contributed by atoms with Crippen LogP contribution < -0.4 is 9.96 Å². The van der Waals surface area contributed by atoms with Gasteiger partial charge in [0.1, 0.15) is 0 Å². The Labute approximate surface area is 113 Å². The predicted octanol–water partition coefficient (Wildman–Crippen LogP) is 2.36. The zero-order valence-electron chi connectivity index (χ0n) is 11.8. The molecule has 0 aliphatic heterocycles. The van der Waals surface area contributed by atoms with Gasteiger partial charge in [-0.3, -0.25) is 4.79 Å². The number of carbonyl (C=O) groups excluding carboxylic acids is 2. The molecule has 0 radical (unpaired) electrons. The van der Waals surface area contributed by atoms with E-state index in [1.54, 1.807) is 13.0 Å². The molecule has 0 saturated carbocycles. The second-order valence-corrected chi connectivity index (χ2v) is 4.16. The highest BCUT2D eigenvalue weighted by Crippen LogP contribution is 2.22. The molecule has 0 bridgehead atoms. The van der Waals surface area contributed by atoms with Crippen molar-refractivity contribution in [3.05, 3.63) is 24.3 Å². The fraction of sp³-hybridized carbons (Fsp3) is 0.429. The van der Waals surface area contributed by atoms with Crippen LogP contribution in [0.25, 0.3) is 0 Å². The summed E-state index contributed by atoms with van der Waals surface area (Å²) in [7, 11) is 1.95. The number of carbonyl (C=O) groups is 2. The van der Waals surface area contributed by atoms with Crippen molar-refractivity contribution in [3.8, 4) is 0 Å². The molecular formula is C14H20N2O3. The van der Waals surface area contributed by atoms with Gasteiger partial charge in [-0.25, -0.2) is 4.79 Å². The van der Waals surface area contributed by atoms with E-state index in [1.165, 1.54) is 6.92 Å². The average molecular weight is 264 g/mol. The number of amides is 1. The van der Waals surface area contributed by atoms with Crippen molar-refractivity contribution >= 4 is 23.3 Å². The molecule has 0 saturated heterocycles. The van der Waals surface area contributed by atoms with Gasteiger partial charge in [0.05, 0.1) is 5.69 Å². The summed E-state index contributed by atoms with van der Waals surface area (Å²) in [6.45, 7) is 5.92. The van der Waals surface area contributed by atoms with E-state index in [2.05, 4.69) is 0 Å². The molecule has 0 N–H and O–H groups in total. The number of rotatable bonds is 4. The van der Waals surface area contributed by atoms with Crippen molar-refractivity contribution < 1.29 is 14.4 Å². The highest BCUT2D eigenvalue weighted by Gasteiger charge is 2.17. The van der Waals surface area contributed by atoms with E-state index in [1.807, 2.05) is 37.1 Å². The molecule has 0 aliphatic rings. The van der Waals surface area contributed by atoms with Crippen LogP contribution >= 0.6 is 0 Å². The Morgan fingerprint density at radius 3 is 2.37 bits per heavy atom. The lowest BCUT2D eigenvalue weighted by molar-refractivity contribution is -0.149. The van der Waals surface area contributed by atoms with Crippen LogP contribution in [0.1, 0.15) is 27.2 Å². The molecule has 5 nitrogen and oxygen atoms in total. The highest BCUT2D eigenvalue weighted by molar-refractivity contribution is 5.92. The molecule has 1 aromatic rings. The summed E-state index contributed by atoms with van der Waals surface area (Å²) in [4.78, 5) is 30.0. The van der Waals surface area contributed by atoms with Gasteiger partial charge in [0.25, 0.3) is 5.91 Å². The maximum atomic E-state index is 11.6. The number of hydrogen-bond donors (Lipinski definition) is 0. The summed E-state index contributed by atoms with van der Waals surface area (Å²) in [5, 5.41) is 1.03. The Hall–Kier alpha value is -2.04. The van der Waals surface area contributed by atoms with Crippen LogP contribution in [-0.4, -0.2) is 25.5 Å². The number of hydrogen-bond acceptors (Lipinski definition) is 4. The quantitative estimate of drug-likeness (QED) is 0.783. The second-order valence-electron chi connectivity index (χ2n) is 4.16. The smallest absolute Gasteiger partial charge is 0.332 e. The van der Waals surface area contributed by atoms with E-state index in [-0.39, 0.29) is 12.3 Å². The zero-order chi connectivity index (χ0) is 14.4. The first-order valence-corrected chi connectivity index (χ1v) is 6.32. The third-order valence-electron chi connectivity index (χ3n) is 2.75. The molecule has 0 atom stereocenters. The van der Waals surface area contributed by atoms with Crippen LogP contribution in [0.15, 0.2) is 24.3 Å². The number of nitrogens with zero attached hydrogens (tertiary/aromatic N) is 2. The first-order chi connectivity index (χ1) is 8.99. The van der Waals surface area contributed by atoms with Gasteiger partial charge < -0.3 is 9.74 Å². The second kappa shape index (κ2) is 6.78. The van der Waals surface area contributed by atoms with Crippen molar-refractivity contribution in [1.29, 1.82) is 0 Å². The molecule has 5 heteroatoms. The third kappa shape index (κ3) is 3.98. The minimum absolute atomic E-state index is 0.221. The first kappa shape index (κ1) is 15.0. The lowest BCUT2D eigenvalue weighted by Gasteiger charge is -2.22. The molecule has 0 unspecified atom stereocenters. The summed E-state index contributed by atoms with van der Waals surface area (Å²) in [5.41, 5.74) is 1.51.